The summed E-state index contributed by atoms with van der Waals surface area (Å²) in [5.74, 6) is 0.00231. The molecule has 0 spiro atoms. The van der Waals surface area contributed by atoms with E-state index in [9.17, 15) is 5.11 Å². The predicted octanol–water partition coefficient (Wildman–Crippen LogP) is 1.72. The summed E-state index contributed by atoms with van der Waals surface area (Å²) < 4.78 is 0. The largest absolute Gasteiger partial charge is 1.00 e. The van der Waals surface area contributed by atoms with Gasteiger partial charge in [0, 0.05) is 5.02 Å². The SMILES string of the molecule is Cc1c([O-])cccc1Cl.[Zr+]. The van der Waals surface area contributed by atoms with Crippen LogP contribution in [0.4, 0.5) is 0 Å². The molecule has 0 atom stereocenters. The summed E-state index contributed by atoms with van der Waals surface area (Å²) in [6.45, 7) is 1.71. The fourth-order valence-corrected chi connectivity index (χ4v) is 0.754. The minimum absolute atomic E-state index is 0. The van der Waals surface area contributed by atoms with E-state index in [1.54, 1.807) is 19.1 Å². The van der Waals surface area contributed by atoms with Gasteiger partial charge in [-0.05, 0) is 18.6 Å². The second-order valence-corrected chi connectivity index (χ2v) is 2.27. The van der Waals surface area contributed by atoms with Crippen LogP contribution in [0.15, 0.2) is 18.2 Å². The molecule has 0 aliphatic rings. The zero-order valence-electron chi connectivity index (χ0n) is 5.52. The average molecular weight is 233 g/mol. The molecule has 0 N–H and O–H groups in total. The van der Waals surface area contributed by atoms with Crippen LogP contribution in [0.25, 0.3) is 0 Å². The first-order valence-electron chi connectivity index (χ1n) is 2.64. The Morgan fingerprint density at radius 3 is 2.40 bits per heavy atom. The van der Waals surface area contributed by atoms with E-state index in [0.717, 1.165) is 0 Å². The molecule has 0 aliphatic heterocycles. The average Bonchev–Trinajstić information content (AvgIpc) is 1.83. The topological polar surface area (TPSA) is 23.1 Å². The second-order valence-electron chi connectivity index (χ2n) is 1.86. The van der Waals surface area contributed by atoms with E-state index in [0.29, 0.717) is 10.6 Å². The molecule has 1 rings (SSSR count). The Hall–Kier alpha value is 0.193. The van der Waals surface area contributed by atoms with Gasteiger partial charge < -0.3 is 5.11 Å². The molecule has 0 saturated heterocycles. The number of hydrogen-bond acceptors (Lipinski definition) is 1. The first-order valence-corrected chi connectivity index (χ1v) is 3.02. The Kier molecular flexibility index (Phi) is 4.23. The molecule has 0 bridgehead atoms. The van der Waals surface area contributed by atoms with Gasteiger partial charge in [-0.3, -0.25) is 0 Å². The Morgan fingerprint density at radius 1 is 1.40 bits per heavy atom. The van der Waals surface area contributed by atoms with Gasteiger partial charge in [-0.15, -0.1) is 5.75 Å². The van der Waals surface area contributed by atoms with Crippen LogP contribution in [0, 0.1) is 6.92 Å². The van der Waals surface area contributed by atoms with E-state index in [1.807, 2.05) is 0 Å². The summed E-state index contributed by atoms with van der Waals surface area (Å²) in [7, 11) is 0. The third-order valence-corrected chi connectivity index (χ3v) is 1.63. The number of halogens is 1. The molecular formula is C7H6ClOZr. The van der Waals surface area contributed by atoms with Crippen molar-refractivity contribution in [3.8, 4) is 5.75 Å². The normalized spacial score (nSPS) is 8.60. The van der Waals surface area contributed by atoms with Crippen LogP contribution in [0.2, 0.25) is 5.02 Å². The first kappa shape index (κ1) is 10.2. The van der Waals surface area contributed by atoms with Crippen molar-refractivity contribution in [3.05, 3.63) is 28.8 Å². The van der Waals surface area contributed by atoms with Crippen molar-refractivity contribution in [2.45, 2.75) is 6.92 Å². The molecule has 0 amide bonds. The quantitative estimate of drug-likeness (QED) is 0.668. The van der Waals surface area contributed by atoms with Gasteiger partial charge in [0.05, 0.1) is 0 Å². The van der Waals surface area contributed by atoms with Crippen molar-refractivity contribution >= 4 is 11.6 Å². The van der Waals surface area contributed by atoms with Gasteiger partial charge in [-0.25, -0.2) is 0 Å². The zero-order valence-corrected chi connectivity index (χ0v) is 8.73. The summed E-state index contributed by atoms with van der Waals surface area (Å²) in [6, 6.07) is 4.86. The summed E-state index contributed by atoms with van der Waals surface area (Å²) in [5, 5.41) is 11.3. The molecule has 10 heavy (non-hydrogen) atoms. The second kappa shape index (κ2) is 4.15. The van der Waals surface area contributed by atoms with Gasteiger partial charge in [0.1, 0.15) is 0 Å². The summed E-state index contributed by atoms with van der Waals surface area (Å²) in [4.78, 5) is 0. The molecule has 1 aromatic rings. The minimum atomic E-state index is 0. The number of rotatable bonds is 0. The van der Waals surface area contributed by atoms with Crippen molar-refractivity contribution in [2.75, 3.05) is 0 Å². The molecule has 1 aromatic carbocycles. The minimum Gasteiger partial charge on any atom is -0.872 e. The predicted molar refractivity (Wildman–Crippen MR) is 35.6 cm³/mol. The van der Waals surface area contributed by atoms with Crippen molar-refractivity contribution in [3.63, 3.8) is 0 Å². The fourth-order valence-electron chi connectivity index (χ4n) is 0.588. The summed E-state index contributed by atoms with van der Waals surface area (Å²) >= 11 is 5.61. The Balaban J connectivity index is 0.000000810. The van der Waals surface area contributed by atoms with Crippen LogP contribution >= 0.6 is 11.6 Å². The van der Waals surface area contributed by atoms with Gasteiger partial charge in [-0.2, -0.15) is 0 Å². The maximum Gasteiger partial charge on any atom is 1.00 e. The van der Waals surface area contributed by atoms with Crippen LogP contribution in [0.3, 0.4) is 0 Å². The molecule has 0 saturated carbocycles. The third kappa shape index (κ3) is 2.10. The molecule has 51 valence electrons. The van der Waals surface area contributed by atoms with Crippen molar-refractivity contribution in [1.82, 2.24) is 0 Å². The van der Waals surface area contributed by atoms with E-state index in [-0.39, 0.29) is 32.0 Å². The van der Waals surface area contributed by atoms with E-state index < -0.39 is 0 Å². The number of benzene rings is 1. The molecule has 0 aromatic heterocycles. The van der Waals surface area contributed by atoms with Crippen LogP contribution in [0.1, 0.15) is 5.56 Å². The maximum absolute atomic E-state index is 10.8. The smallest absolute Gasteiger partial charge is 0.872 e. The third-order valence-electron chi connectivity index (χ3n) is 1.22. The van der Waals surface area contributed by atoms with Crippen molar-refractivity contribution in [1.29, 1.82) is 0 Å². The fraction of sp³-hybridized carbons (Fsp3) is 0.143. The molecule has 0 unspecified atom stereocenters. The van der Waals surface area contributed by atoms with Gasteiger partial charge >= 0.3 is 26.2 Å². The van der Waals surface area contributed by atoms with Gasteiger partial charge in [0.2, 0.25) is 0 Å². The summed E-state index contributed by atoms with van der Waals surface area (Å²) in [5.41, 5.74) is 0.624. The monoisotopic (exact) mass is 231 g/mol. The standard InChI is InChI=1S/C7H7ClO.Zr/c1-5-6(8)3-2-4-7(5)9;/h2-4,9H,1H3;/q;+1/p-1. The van der Waals surface area contributed by atoms with E-state index in [1.165, 1.54) is 6.07 Å². The molecular weight excluding hydrogens is 227 g/mol. The van der Waals surface area contributed by atoms with E-state index in [2.05, 4.69) is 0 Å². The zero-order chi connectivity index (χ0) is 6.85. The van der Waals surface area contributed by atoms with Crippen molar-refractivity contribution < 1.29 is 31.3 Å². The van der Waals surface area contributed by atoms with Gasteiger partial charge in [0.15, 0.2) is 0 Å². The van der Waals surface area contributed by atoms with Crippen LogP contribution < -0.4 is 5.11 Å². The molecule has 1 radical (unpaired) electrons. The molecule has 0 aliphatic carbocycles. The molecule has 0 heterocycles. The van der Waals surface area contributed by atoms with E-state index in [4.69, 9.17) is 11.6 Å². The Bertz CT molecular complexity index is 205. The first-order chi connectivity index (χ1) is 4.22. The molecule has 1 nitrogen and oxygen atoms in total. The molecule has 0 fully saturated rings. The Labute approximate surface area is 84.1 Å². The summed E-state index contributed by atoms with van der Waals surface area (Å²) in [6.07, 6.45) is 0. The maximum atomic E-state index is 10.8. The van der Waals surface area contributed by atoms with Gasteiger partial charge in [0.25, 0.3) is 0 Å². The van der Waals surface area contributed by atoms with Crippen molar-refractivity contribution in [2.24, 2.45) is 0 Å². The van der Waals surface area contributed by atoms with E-state index >= 15 is 0 Å². The van der Waals surface area contributed by atoms with Crippen LogP contribution in [0.5, 0.6) is 5.75 Å². The Morgan fingerprint density at radius 2 is 2.00 bits per heavy atom. The molecule has 3 heteroatoms. The van der Waals surface area contributed by atoms with Crippen LogP contribution in [-0.2, 0) is 26.2 Å². The number of hydrogen-bond donors (Lipinski definition) is 0. The van der Waals surface area contributed by atoms with Crippen LogP contribution in [-0.4, -0.2) is 0 Å². The van der Waals surface area contributed by atoms with Gasteiger partial charge in [-0.1, -0.05) is 23.7 Å².